The lowest BCUT2D eigenvalue weighted by atomic mass is 10.0. The molecule has 0 fully saturated rings. The quantitative estimate of drug-likeness (QED) is 0.517. The van der Waals surface area contributed by atoms with Crippen molar-refractivity contribution in [3.8, 4) is 11.5 Å². The van der Waals surface area contributed by atoms with Crippen LogP contribution in [0.3, 0.4) is 0 Å². The van der Waals surface area contributed by atoms with Gasteiger partial charge in [-0.25, -0.2) is 4.89 Å². The third-order valence-electron chi connectivity index (χ3n) is 2.73. The van der Waals surface area contributed by atoms with Crippen LogP contribution in [0.2, 0.25) is 0 Å². The summed E-state index contributed by atoms with van der Waals surface area (Å²) < 4.78 is 5.74. The first kappa shape index (κ1) is 15.7. The Morgan fingerprint density at radius 1 is 1.00 bits per heavy atom. The molecule has 2 rings (SSSR count). The second-order valence-electron chi connectivity index (χ2n) is 4.18. The highest BCUT2D eigenvalue weighted by molar-refractivity contribution is 5.75. The molecule has 1 atom stereocenters. The van der Waals surface area contributed by atoms with E-state index in [1.165, 1.54) is 0 Å². The SMILES string of the molecule is CC(COO)c1cccc(Oc2ccccc2)c1.[AlH3]. The van der Waals surface area contributed by atoms with Crippen LogP contribution in [0.5, 0.6) is 11.5 Å². The molecule has 0 heterocycles. The molecular weight excluding hydrogens is 255 g/mol. The molecule has 0 spiro atoms. The van der Waals surface area contributed by atoms with Crippen molar-refractivity contribution >= 4 is 17.4 Å². The van der Waals surface area contributed by atoms with Crippen LogP contribution >= 0.6 is 0 Å². The lowest BCUT2D eigenvalue weighted by Gasteiger charge is -2.11. The van der Waals surface area contributed by atoms with Crippen molar-refractivity contribution in [2.75, 3.05) is 6.61 Å². The summed E-state index contributed by atoms with van der Waals surface area (Å²) in [7, 11) is 0. The Morgan fingerprint density at radius 2 is 1.68 bits per heavy atom. The first-order valence-electron chi connectivity index (χ1n) is 5.89. The first-order valence-corrected chi connectivity index (χ1v) is 5.89. The van der Waals surface area contributed by atoms with Crippen LogP contribution in [0.1, 0.15) is 18.4 Å². The molecule has 0 aliphatic carbocycles. The molecule has 100 valence electrons. The minimum atomic E-state index is 0. The number of benzene rings is 2. The van der Waals surface area contributed by atoms with Gasteiger partial charge in [0.25, 0.3) is 0 Å². The van der Waals surface area contributed by atoms with E-state index in [0.717, 1.165) is 17.1 Å². The Kier molecular flexibility index (Phi) is 6.62. The van der Waals surface area contributed by atoms with Gasteiger partial charge in [-0.3, -0.25) is 5.26 Å². The van der Waals surface area contributed by atoms with E-state index < -0.39 is 0 Å². The maximum Gasteiger partial charge on any atom is 0.187 e. The van der Waals surface area contributed by atoms with Crippen molar-refractivity contribution in [3.63, 3.8) is 0 Å². The van der Waals surface area contributed by atoms with Crippen molar-refractivity contribution in [3.05, 3.63) is 60.2 Å². The van der Waals surface area contributed by atoms with Gasteiger partial charge in [-0.1, -0.05) is 37.3 Å². The first-order chi connectivity index (χ1) is 8.79. The Morgan fingerprint density at radius 3 is 2.37 bits per heavy atom. The molecule has 0 saturated carbocycles. The molecule has 4 heteroatoms. The molecule has 0 aromatic heterocycles. The highest BCUT2D eigenvalue weighted by Gasteiger charge is 2.07. The van der Waals surface area contributed by atoms with Crippen LogP contribution in [-0.2, 0) is 4.89 Å². The van der Waals surface area contributed by atoms with Gasteiger partial charge >= 0.3 is 0 Å². The normalized spacial score (nSPS) is 11.5. The molecule has 19 heavy (non-hydrogen) atoms. The van der Waals surface area contributed by atoms with Gasteiger partial charge in [0.15, 0.2) is 17.4 Å². The summed E-state index contributed by atoms with van der Waals surface area (Å²) in [5.41, 5.74) is 1.07. The Balaban J connectivity index is 0.00000180. The summed E-state index contributed by atoms with van der Waals surface area (Å²) in [4.78, 5) is 4.18. The molecule has 0 amide bonds. The van der Waals surface area contributed by atoms with Gasteiger partial charge in [-0.15, -0.1) is 0 Å². The third kappa shape index (κ3) is 4.70. The van der Waals surface area contributed by atoms with E-state index in [1.807, 2.05) is 61.5 Å². The largest absolute Gasteiger partial charge is 0.457 e. The van der Waals surface area contributed by atoms with Crippen LogP contribution in [-0.4, -0.2) is 29.2 Å². The van der Waals surface area contributed by atoms with Crippen LogP contribution in [0, 0.1) is 0 Å². The van der Waals surface area contributed by atoms with E-state index in [9.17, 15) is 0 Å². The van der Waals surface area contributed by atoms with Gasteiger partial charge in [0.1, 0.15) is 11.5 Å². The Bertz CT molecular complexity index is 488. The maximum atomic E-state index is 8.47. The Labute approximate surface area is 123 Å². The number of hydrogen-bond donors (Lipinski definition) is 1. The molecule has 1 N–H and O–H groups in total. The second-order valence-corrected chi connectivity index (χ2v) is 4.18. The van der Waals surface area contributed by atoms with Gasteiger partial charge in [-0.05, 0) is 29.8 Å². The van der Waals surface area contributed by atoms with Gasteiger partial charge in [-0.2, -0.15) is 0 Å². The summed E-state index contributed by atoms with van der Waals surface area (Å²) in [5, 5.41) is 8.47. The van der Waals surface area contributed by atoms with Crippen LogP contribution in [0.25, 0.3) is 0 Å². The van der Waals surface area contributed by atoms with E-state index in [-0.39, 0.29) is 29.9 Å². The number of ether oxygens (including phenoxy) is 1. The fourth-order valence-electron chi connectivity index (χ4n) is 1.72. The number of hydrogen-bond acceptors (Lipinski definition) is 3. The van der Waals surface area contributed by atoms with E-state index in [0.29, 0.717) is 0 Å². The summed E-state index contributed by atoms with van der Waals surface area (Å²) in [5.74, 6) is 1.71. The molecule has 2 aromatic rings. The summed E-state index contributed by atoms with van der Waals surface area (Å²) in [6, 6.07) is 17.4. The van der Waals surface area contributed by atoms with Crippen molar-refractivity contribution in [2.24, 2.45) is 0 Å². The molecule has 3 nitrogen and oxygen atoms in total. The molecule has 0 bridgehead atoms. The molecule has 0 radical (unpaired) electrons. The minimum Gasteiger partial charge on any atom is -0.457 e. The fraction of sp³-hybridized carbons (Fsp3) is 0.200. The zero-order valence-corrected chi connectivity index (χ0v) is 10.2. The molecule has 0 aliphatic heterocycles. The monoisotopic (exact) mass is 274 g/mol. The molecule has 0 aliphatic rings. The standard InChI is InChI=1S/C15H16O3.Al.3H/c1-12(11-17-16)13-6-5-9-15(10-13)18-14-7-3-2-4-8-14;;;;/h2-10,12,16H,11H2,1H3;;;;. The topological polar surface area (TPSA) is 38.7 Å². The minimum absolute atomic E-state index is 0. The van der Waals surface area contributed by atoms with E-state index in [2.05, 4.69) is 4.89 Å². The number of para-hydroxylation sites is 1. The molecule has 0 saturated heterocycles. The zero-order valence-electron chi connectivity index (χ0n) is 10.2. The van der Waals surface area contributed by atoms with E-state index >= 15 is 0 Å². The predicted octanol–water partition coefficient (Wildman–Crippen LogP) is 2.89. The summed E-state index contributed by atoms with van der Waals surface area (Å²) in [6.07, 6.45) is 0. The number of rotatable bonds is 5. The van der Waals surface area contributed by atoms with Crippen LogP contribution in [0.15, 0.2) is 54.6 Å². The average Bonchev–Trinajstić information content (AvgIpc) is 2.40. The van der Waals surface area contributed by atoms with Crippen LogP contribution < -0.4 is 4.74 Å². The van der Waals surface area contributed by atoms with Crippen molar-refractivity contribution in [1.29, 1.82) is 0 Å². The van der Waals surface area contributed by atoms with Crippen molar-refractivity contribution in [2.45, 2.75) is 12.8 Å². The summed E-state index contributed by atoms with van der Waals surface area (Å²) in [6.45, 7) is 2.26. The highest BCUT2D eigenvalue weighted by Crippen LogP contribution is 2.25. The van der Waals surface area contributed by atoms with E-state index in [1.54, 1.807) is 0 Å². The lowest BCUT2D eigenvalue weighted by Crippen LogP contribution is -2.02. The predicted molar refractivity (Wildman–Crippen MR) is 79.9 cm³/mol. The van der Waals surface area contributed by atoms with Gasteiger partial charge in [0.2, 0.25) is 0 Å². The smallest absolute Gasteiger partial charge is 0.187 e. The zero-order chi connectivity index (χ0) is 12.8. The summed E-state index contributed by atoms with van der Waals surface area (Å²) >= 11 is 0. The van der Waals surface area contributed by atoms with Gasteiger partial charge in [0, 0.05) is 5.92 Å². The van der Waals surface area contributed by atoms with Crippen molar-refractivity contribution in [1.82, 2.24) is 0 Å². The van der Waals surface area contributed by atoms with Gasteiger partial charge in [0.05, 0.1) is 6.61 Å². The second kappa shape index (κ2) is 7.98. The third-order valence-corrected chi connectivity index (χ3v) is 2.73. The van der Waals surface area contributed by atoms with Crippen molar-refractivity contribution < 1.29 is 14.9 Å². The van der Waals surface area contributed by atoms with Crippen LogP contribution in [0.4, 0.5) is 0 Å². The lowest BCUT2D eigenvalue weighted by molar-refractivity contribution is -0.245. The average molecular weight is 274 g/mol. The molecular formula is C15H19AlO3. The molecule has 2 aromatic carbocycles. The molecule has 1 unspecified atom stereocenters. The Hall–Kier alpha value is -1.31. The van der Waals surface area contributed by atoms with E-state index in [4.69, 9.17) is 9.99 Å². The maximum absolute atomic E-state index is 8.47. The fourth-order valence-corrected chi connectivity index (χ4v) is 1.72. The highest BCUT2D eigenvalue weighted by atomic mass is 27.0. The van der Waals surface area contributed by atoms with Gasteiger partial charge < -0.3 is 4.74 Å².